The predicted octanol–water partition coefficient (Wildman–Crippen LogP) is 4.32. The lowest BCUT2D eigenvalue weighted by Gasteiger charge is -2.07. The molecule has 0 spiro atoms. The topological polar surface area (TPSA) is 24.9 Å². The van der Waals surface area contributed by atoms with E-state index >= 15 is 0 Å². The zero-order chi connectivity index (χ0) is 11.5. The van der Waals surface area contributed by atoms with Gasteiger partial charge >= 0.3 is 0 Å². The molecule has 1 aromatic carbocycles. The molecule has 0 aliphatic heterocycles. The van der Waals surface area contributed by atoms with Crippen LogP contribution >= 0.6 is 45.5 Å². The number of aromatic nitrogens is 1. The van der Waals surface area contributed by atoms with E-state index < -0.39 is 0 Å². The molecule has 2 rings (SSSR count). The quantitative estimate of drug-likeness (QED) is 0.820. The summed E-state index contributed by atoms with van der Waals surface area (Å²) in [5, 5.41) is 7.29. The van der Waals surface area contributed by atoms with Crippen molar-refractivity contribution in [2.75, 3.05) is 5.32 Å². The first-order valence-electron chi connectivity index (χ1n) is 4.75. The molecule has 5 heteroatoms. The lowest BCUT2D eigenvalue weighted by Crippen LogP contribution is -2.01. The summed E-state index contributed by atoms with van der Waals surface area (Å²) >= 11 is 9.84. The van der Waals surface area contributed by atoms with E-state index in [1.54, 1.807) is 11.3 Å². The van der Waals surface area contributed by atoms with Crippen LogP contribution in [0.4, 0.5) is 5.69 Å². The number of aryl methyl sites for hydroxylation is 1. The van der Waals surface area contributed by atoms with Crippen molar-refractivity contribution in [3.8, 4) is 0 Å². The van der Waals surface area contributed by atoms with Crippen LogP contribution in [0.15, 0.2) is 23.6 Å². The lowest BCUT2D eigenvalue weighted by atomic mass is 10.3. The van der Waals surface area contributed by atoms with E-state index in [2.05, 4.69) is 38.3 Å². The van der Waals surface area contributed by atoms with Gasteiger partial charge in [-0.25, -0.2) is 4.98 Å². The van der Waals surface area contributed by atoms with Crippen molar-refractivity contribution in [2.45, 2.75) is 13.5 Å². The number of hydrogen-bond acceptors (Lipinski definition) is 3. The zero-order valence-electron chi connectivity index (χ0n) is 8.63. The molecule has 84 valence electrons. The third kappa shape index (κ3) is 3.09. The molecule has 0 aliphatic rings. The van der Waals surface area contributed by atoms with Crippen LogP contribution in [0.3, 0.4) is 0 Å². The molecule has 0 atom stereocenters. The second-order valence-corrected chi connectivity index (χ2v) is 6.00. The van der Waals surface area contributed by atoms with Crippen molar-refractivity contribution >= 4 is 51.2 Å². The molecule has 0 saturated heterocycles. The highest BCUT2D eigenvalue weighted by atomic mass is 127. The van der Waals surface area contributed by atoms with Crippen molar-refractivity contribution in [2.24, 2.45) is 0 Å². The van der Waals surface area contributed by atoms with Crippen LogP contribution in [0.25, 0.3) is 0 Å². The lowest BCUT2D eigenvalue weighted by molar-refractivity contribution is 1.05. The molecule has 1 aromatic heterocycles. The van der Waals surface area contributed by atoms with Crippen LogP contribution in [0.2, 0.25) is 5.02 Å². The molecule has 0 saturated carbocycles. The monoisotopic (exact) mass is 364 g/mol. The van der Waals surface area contributed by atoms with E-state index in [0.717, 1.165) is 31.5 Å². The summed E-state index contributed by atoms with van der Waals surface area (Å²) in [6.45, 7) is 2.77. The fourth-order valence-electron chi connectivity index (χ4n) is 1.31. The molecule has 0 fully saturated rings. The van der Waals surface area contributed by atoms with Gasteiger partial charge in [-0.05, 0) is 47.7 Å². The van der Waals surface area contributed by atoms with Gasteiger partial charge in [0.2, 0.25) is 0 Å². The Bertz CT molecular complexity index is 498. The normalized spacial score (nSPS) is 10.4. The summed E-state index contributed by atoms with van der Waals surface area (Å²) in [5.74, 6) is 0. The third-order valence-electron chi connectivity index (χ3n) is 2.06. The fraction of sp³-hybridized carbons (Fsp3) is 0.182. The van der Waals surface area contributed by atoms with Gasteiger partial charge in [-0.15, -0.1) is 11.3 Å². The largest absolute Gasteiger partial charge is 0.378 e. The second kappa shape index (κ2) is 5.33. The summed E-state index contributed by atoms with van der Waals surface area (Å²) in [7, 11) is 0. The van der Waals surface area contributed by atoms with Crippen LogP contribution in [-0.4, -0.2) is 4.98 Å². The second-order valence-electron chi connectivity index (χ2n) is 3.34. The first-order chi connectivity index (χ1) is 7.65. The molecule has 0 aliphatic carbocycles. The van der Waals surface area contributed by atoms with Crippen molar-refractivity contribution in [1.29, 1.82) is 0 Å². The Morgan fingerprint density at radius 3 is 2.94 bits per heavy atom. The van der Waals surface area contributed by atoms with Gasteiger partial charge in [0.15, 0.2) is 0 Å². The summed E-state index contributed by atoms with van der Waals surface area (Å²) < 4.78 is 1.12. The van der Waals surface area contributed by atoms with E-state index in [1.165, 1.54) is 0 Å². The van der Waals surface area contributed by atoms with Crippen molar-refractivity contribution in [3.63, 3.8) is 0 Å². The molecule has 0 radical (unpaired) electrons. The zero-order valence-corrected chi connectivity index (χ0v) is 12.4. The third-order valence-corrected chi connectivity index (χ3v) is 4.01. The number of hydrogen-bond donors (Lipinski definition) is 1. The minimum Gasteiger partial charge on any atom is -0.378 e. The Hall–Kier alpha value is -0.330. The minimum absolute atomic E-state index is 0.752. The van der Waals surface area contributed by atoms with E-state index in [9.17, 15) is 0 Å². The van der Waals surface area contributed by atoms with E-state index in [-0.39, 0.29) is 0 Å². The highest BCUT2D eigenvalue weighted by Gasteiger charge is 2.02. The maximum absolute atomic E-state index is 5.89. The van der Waals surface area contributed by atoms with Gasteiger partial charge in [0, 0.05) is 19.7 Å². The SMILES string of the molecule is Cc1nc(CNc2ccc(Cl)cc2I)cs1. The summed E-state index contributed by atoms with van der Waals surface area (Å²) in [4.78, 5) is 4.40. The number of anilines is 1. The number of nitrogens with zero attached hydrogens (tertiary/aromatic N) is 1. The molecule has 2 aromatic rings. The first kappa shape index (κ1) is 12.1. The van der Waals surface area contributed by atoms with Crippen LogP contribution < -0.4 is 5.32 Å². The Labute approximate surface area is 117 Å². The smallest absolute Gasteiger partial charge is 0.0898 e. The van der Waals surface area contributed by atoms with Crippen molar-refractivity contribution < 1.29 is 0 Å². The molecule has 1 N–H and O–H groups in total. The summed E-state index contributed by atoms with van der Waals surface area (Å²) in [6.07, 6.45) is 0. The Kier molecular flexibility index (Phi) is 4.05. The van der Waals surface area contributed by atoms with Gasteiger partial charge in [0.25, 0.3) is 0 Å². The van der Waals surface area contributed by atoms with Gasteiger partial charge in [0.1, 0.15) is 0 Å². The number of benzene rings is 1. The van der Waals surface area contributed by atoms with Gasteiger partial charge in [-0.3, -0.25) is 0 Å². The number of thiazole rings is 1. The van der Waals surface area contributed by atoms with Crippen LogP contribution in [0, 0.1) is 10.5 Å². The first-order valence-corrected chi connectivity index (χ1v) is 7.09. The van der Waals surface area contributed by atoms with Gasteiger partial charge in [0.05, 0.1) is 17.2 Å². The van der Waals surface area contributed by atoms with Gasteiger partial charge in [-0.1, -0.05) is 11.6 Å². The Morgan fingerprint density at radius 2 is 2.31 bits per heavy atom. The molecule has 0 bridgehead atoms. The molecule has 0 amide bonds. The van der Waals surface area contributed by atoms with Crippen LogP contribution in [-0.2, 0) is 6.54 Å². The average molecular weight is 365 g/mol. The maximum Gasteiger partial charge on any atom is 0.0898 e. The molecule has 1 heterocycles. The van der Waals surface area contributed by atoms with Crippen LogP contribution in [0.1, 0.15) is 10.7 Å². The highest BCUT2D eigenvalue weighted by molar-refractivity contribution is 14.1. The standard InChI is InChI=1S/C11H10ClIN2S/c1-7-15-9(6-16-7)5-14-11-3-2-8(12)4-10(11)13/h2-4,6,14H,5H2,1H3. The predicted molar refractivity (Wildman–Crippen MR) is 78.3 cm³/mol. The van der Waals surface area contributed by atoms with E-state index in [0.29, 0.717) is 0 Å². The van der Waals surface area contributed by atoms with E-state index in [4.69, 9.17) is 11.6 Å². The Morgan fingerprint density at radius 1 is 1.50 bits per heavy atom. The number of nitrogens with one attached hydrogen (secondary N) is 1. The molecule has 2 nitrogen and oxygen atoms in total. The van der Waals surface area contributed by atoms with Crippen molar-refractivity contribution in [3.05, 3.63) is 42.9 Å². The van der Waals surface area contributed by atoms with Crippen molar-refractivity contribution in [1.82, 2.24) is 4.98 Å². The van der Waals surface area contributed by atoms with Crippen LogP contribution in [0.5, 0.6) is 0 Å². The average Bonchev–Trinajstić information content (AvgIpc) is 2.63. The Balaban J connectivity index is 2.04. The van der Waals surface area contributed by atoms with E-state index in [1.807, 2.05) is 25.1 Å². The van der Waals surface area contributed by atoms with Gasteiger partial charge < -0.3 is 5.32 Å². The minimum atomic E-state index is 0.752. The molecular formula is C11H10ClIN2S. The molecular weight excluding hydrogens is 355 g/mol. The molecule has 0 unspecified atom stereocenters. The number of rotatable bonds is 3. The highest BCUT2D eigenvalue weighted by Crippen LogP contribution is 2.22. The summed E-state index contributed by atoms with van der Waals surface area (Å²) in [6, 6.07) is 5.82. The maximum atomic E-state index is 5.89. The van der Waals surface area contributed by atoms with Gasteiger partial charge in [-0.2, -0.15) is 0 Å². The number of halogens is 2. The summed E-state index contributed by atoms with van der Waals surface area (Å²) in [5.41, 5.74) is 2.17. The fourth-order valence-corrected chi connectivity index (χ4v) is 2.98. The molecule has 16 heavy (non-hydrogen) atoms.